The van der Waals surface area contributed by atoms with E-state index in [0.29, 0.717) is 23.3 Å². The van der Waals surface area contributed by atoms with Gasteiger partial charge in [-0.15, -0.1) is 0 Å². The van der Waals surface area contributed by atoms with Gasteiger partial charge in [0.25, 0.3) is 11.5 Å². The first kappa shape index (κ1) is 21.9. The van der Waals surface area contributed by atoms with Crippen molar-refractivity contribution in [1.82, 2.24) is 28.6 Å². The van der Waals surface area contributed by atoms with Gasteiger partial charge in [0.2, 0.25) is 0 Å². The molecule has 1 aliphatic heterocycles. The summed E-state index contributed by atoms with van der Waals surface area (Å²) in [6.07, 6.45) is 0.442. The third-order valence-electron chi connectivity index (χ3n) is 6.04. The van der Waals surface area contributed by atoms with Crippen LogP contribution in [0.25, 0.3) is 16.7 Å². The zero-order valence-electron chi connectivity index (χ0n) is 18.5. The molecule has 4 aromatic heterocycles. The molecule has 11 heteroatoms. The molecular weight excluding hydrogens is 449 g/mol. The zero-order valence-corrected chi connectivity index (χ0v) is 18.5. The summed E-state index contributed by atoms with van der Waals surface area (Å²) < 4.78 is 44.6. The first-order valence-corrected chi connectivity index (χ1v) is 10.8. The quantitative estimate of drug-likeness (QED) is 0.458. The molecule has 8 nitrogen and oxygen atoms in total. The molecule has 0 radical (unpaired) electrons. The van der Waals surface area contributed by atoms with E-state index in [9.17, 15) is 22.8 Å². The van der Waals surface area contributed by atoms with Crippen LogP contribution in [-0.2, 0) is 25.8 Å². The average Bonchev–Trinajstić information content (AvgIpc) is 3.38. The number of hydrogen-bond acceptors (Lipinski definition) is 4. The number of fused-ring (bicyclic) bond motifs is 2. The zero-order chi connectivity index (χ0) is 24.2. The highest BCUT2D eigenvalue weighted by molar-refractivity contribution is 5.93. The third kappa shape index (κ3) is 3.57. The van der Waals surface area contributed by atoms with Gasteiger partial charge in [0.05, 0.1) is 23.1 Å². The second-order valence-electron chi connectivity index (χ2n) is 8.21. The normalized spacial score (nSPS) is 14.1. The van der Waals surface area contributed by atoms with E-state index in [1.807, 2.05) is 18.4 Å². The number of aromatic nitrogens is 5. The fourth-order valence-electron chi connectivity index (χ4n) is 4.34. The number of pyridine rings is 2. The molecule has 4 aromatic rings. The monoisotopic (exact) mass is 470 g/mol. The Morgan fingerprint density at radius 1 is 1.06 bits per heavy atom. The molecule has 34 heavy (non-hydrogen) atoms. The van der Waals surface area contributed by atoms with E-state index in [1.165, 1.54) is 15.5 Å². The topological polar surface area (TPSA) is 78.0 Å². The summed E-state index contributed by atoms with van der Waals surface area (Å²) in [4.78, 5) is 35.7. The van der Waals surface area contributed by atoms with Crippen molar-refractivity contribution in [1.29, 1.82) is 0 Å². The van der Waals surface area contributed by atoms with Crippen LogP contribution < -0.4 is 5.56 Å². The van der Waals surface area contributed by atoms with Gasteiger partial charge in [-0.25, -0.2) is 9.97 Å². The Balaban J connectivity index is 1.49. The molecule has 5 rings (SSSR count). The fourth-order valence-corrected chi connectivity index (χ4v) is 4.34. The van der Waals surface area contributed by atoms with Crippen LogP contribution in [0.4, 0.5) is 13.2 Å². The van der Waals surface area contributed by atoms with E-state index >= 15 is 0 Å². The van der Waals surface area contributed by atoms with Gasteiger partial charge in [-0.2, -0.15) is 13.2 Å². The van der Waals surface area contributed by atoms with Crippen LogP contribution in [-0.4, -0.2) is 41.0 Å². The van der Waals surface area contributed by atoms with Gasteiger partial charge < -0.3 is 18.6 Å². The smallest absolute Gasteiger partial charge is 0.346 e. The van der Waals surface area contributed by atoms with Crippen LogP contribution >= 0.6 is 0 Å². The summed E-state index contributed by atoms with van der Waals surface area (Å²) in [6, 6.07) is 5.55. The van der Waals surface area contributed by atoms with Crippen LogP contribution in [0.1, 0.15) is 34.4 Å². The van der Waals surface area contributed by atoms with Crippen LogP contribution in [0.2, 0.25) is 0 Å². The Morgan fingerprint density at radius 2 is 1.85 bits per heavy atom. The molecule has 1 amide bonds. The van der Waals surface area contributed by atoms with Gasteiger partial charge in [0, 0.05) is 44.1 Å². The lowest BCUT2D eigenvalue weighted by molar-refractivity contribution is -0.140. The van der Waals surface area contributed by atoms with E-state index in [-0.39, 0.29) is 42.3 Å². The van der Waals surface area contributed by atoms with Gasteiger partial charge in [-0.05, 0) is 38.1 Å². The summed E-state index contributed by atoms with van der Waals surface area (Å²) in [5.41, 5.74) is 1.43. The highest BCUT2D eigenvalue weighted by Crippen LogP contribution is 2.31. The van der Waals surface area contributed by atoms with Crippen LogP contribution in [0.3, 0.4) is 0 Å². The lowest BCUT2D eigenvalue weighted by Crippen LogP contribution is -2.44. The van der Waals surface area contributed by atoms with Crippen molar-refractivity contribution < 1.29 is 18.0 Å². The molecule has 0 atom stereocenters. The number of amides is 1. The predicted molar refractivity (Wildman–Crippen MR) is 118 cm³/mol. The van der Waals surface area contributed by atoms with E-state index in [1.54, 1.807) is 35.4 Å². The Labute approximate surface area is 191 Å². The first-order chi connectivity index (χ1) is 16.2. The molecule has 0 fully saturated rings. The molecule has 5 heterocycles. The summed E-state index contributed by atoms with van der Waals surface area (Å²) in [7, 11) is 0. The van der Waals surface area contributed by atoms with Crippen molar-refractivity contribution in [3.8, 4) is 5.69 Å². The lowest BCUT2D eigenvalue weighted by atomic mass is 10.2. The molecule has 0 spiro atoms. The Kier molecular flexibility index (Phi) is 5.07. The Bertz CT molecular complexity index is 1480. The molecule has 0 saturated heterocycles. The van der Waals surface area contributed by atoms with E-state index < -0.39 is 11.9 Å². The van der Waals surface area contributed by atoms with Gasteiger partial charge in [0.1, 0.15) is 17.1 Å². The van der Waals surface area contributed by atoms with E-state index in [2.05, 4.69) is 9.97 Å². The minimum absolute atomic E-state index is 0.0906. The predicted octanol–water partition coefficient (Wildman–Crippen LogP) is 3.39. The van der Waals surface area contributed by atoms with Crippen molar-refractivity contribution in [3.05, 3.63) is 76.0 Å². The average molecular weight is 470 g/mol. The molecule has 0 saturated carbocycles. The molecule has 0 N–H and O–H groups in total. The Morgan fingerprint density at radius 3 is 2.53 bits per heavy atom. The molecule has 0 bridgehead atoms. The van der Waals surface area contributed by atoms with Crippen molar-refractivity contribution in [2.24, 2.45) is 0 Å². The number of halogens is 3. The minimum Gasteiger partial charge on any atom is -0.346 e. The van der Waals surface area contributed by atoms with Crippen molar-refractivity contribution >= 4 is 16.9 Å². The van der Waals surface area contributed by atoms with Crippen molar-refractivity contribution in [2.45, 2.75) is 39.7 Å². The van der Waals surface area contributed by atoms with E-state index in [0.717, 1.165) is 11.8 Å². The summed E-state index contributed by atoms with van der Waals surface area (Å²) in [5.74, 6) is -0.360. The van der Waals surface area contributed by atoms with Gasteiger partial charge in [0.15, 0.2) is 0 Å². The van der Waals surface area contributed by atoms with Crippen molar-refractivity contribution in [2.75, 3.05) is 6.54 Å². The highest BCUT2D eigenvalue weighted by Gasteiger charge is 2.33. The number of alkyl halides is 3. The number of carbonyl (C=O) groups excluding carboxylic acids is 1. The van der Waals surface area contributed by atoms with E-state index in [4.69, 9.17) is 0 Å². The number of carbonyl (C=O) groups is 1. The SMILES string of the molecule is CCn1cc(CN2CCn3c(ccc(-n4cnc(C)c4)c3=O)C2=O)c2nc(C(F)(F)F)ccc21. The largest absolute Gasteiger partial charge is 0.433 e. The maximum Gasteiger partial charge on any atom is 0.433 e. The number of rotatable bonds is 4. The van der Waals surface area contributed by atoms with Crippen LogP contribution in [0.5, 0.6) is 0 Å². The summed E-state index contributed by atoms with van der Waals surface area (Å²) in [6.45, 7) is 4.86. The minimum atomic E-state index is -4.56. The van der Waals surface area contributed by atoms with Crippen molar-refractivity contribution in [3.63, 3.8) is 0 Å². The lowest BCUT2D eigenvalue weighted by Gasteiger charge is -2.29. The number of hydrogen-bond donors (Lipinski definition) is 0. The molecule has 1 aliphatic rings. The summed E-state index contributed by atoms with van der Waals surface area (Å²) in [5, 5.41) is 0. The highest BCUT2D eigenvalue weighted by atomic mass is 19.4. The summed E-state index contributed by atoms with van der Waals surface area (Å²) >= 11 is 0. The molecule has 0 unspecified atom stereocenters. The second-order valence-corrected chi connectivity index (χ2v) is 8.21. The fraction of sp³-hybridized carbons (Fsp3) is 0.304. The van der Waals surface area contributed by atoms with Gasteiger partial charge >= 0.3 is 6.18 Å². The number of aryl methyl sites for hydroxylation is 2. The van der Waals surface area contributed by atoms with Gasteiger partial charge in [-0.3, -0.25) is 9.59 Å². The number of nitrogens with zero attached hydrogens (tertiary/aromatic N) is 6. The van der Waals surface area contributed by atoms with Gasteiger partial charge in [-0.1, -0.05) is 0 Å². The second kappa shape index (κ2) is 7.86. The molecule has 176 valence electrons. The maximum absolute atomic E-state index is 13.2. The molecule has 0 aromatic carbocycles. The molecule has 0 aliphatic carbocycles. The Hall–Kier alpha value is -3.89. The molecular formula is C23H21F3N6O2. The maximum atomic E-state index is 13.2. The standard InChI is InChI=1S/C23H21F3N6O2/c1-3-29-11-15(20-16(29)6-7-19(28-20)23(24,25)26)12-30-8-9-32-18(21(30)33)5-4-17(22(32)34)31-10-14(2)27-13-31/h4-7,10-11,13H,3,8-9,12H2,1-2H3. The first-order valence-electron chi connectivity index (χ1n) is 10.8. The van der Waals surface area contributed by atoms with Crippen LogP contribution in [0, 0.1) is 6.92 Å². The van der Waals surface area contributed by atoms with Crippen LogP contribution in [0.15, 0.2) is 47.8 Å². The number of imidazole rings is 1. The third-order valence-corrected chi connectivity index (χ3v) is 6.04.